The van der Waals surface area contributed by atoms with Crippen LogP contribution in [0.25, 0.3) is 5.57 Å². The predicted octanol–water partition coefficient (Wildman–Crippen LogP) is 9.44. The molecule has 1 atom stereocenters. The van der Waals surface area contributed by atoms with Crippen molar-refractivity contribution in [1.82, 2.24) is 0 Å². The van der Waals surface area contributed by atoms with Gasteiger partial charge in [0.25, 0.3) is 0 Å². The quantitative estimate of drug-likeness (QED) is 0.121. The summed E-state index contributed by atoms with van der Waals surface area (Å²) in [7, 11) is 0. The standard InChI is InChI=1S/C34H35BrO2/c1-27(29-13-7-3-8-14-29)25-34(30-15-19-32(20-16-30)36-24-10-4-9-23-35)31-17-21-33(22-18-31)37-26-28-11-5-2-6-12-28/h2-3,5-8,11-22,25,34H,4,9-10,23-24,26H2,1H3. The maximum Gasteiger partial charge on any atom is 0.119 e. The molecule has 0 aliphatic carbocycles. The highest BCUT2D eigenvalue weighted by atomic mass is 79.9. The third kappa shape index (κ3) is 8.36. The molecule has 0 aliphatic rings. The smallest absolute Gasteiger partial charge is 0.119 e. The van der Waals surface area contributed by atoms with Crippen molar-refractivity contribution in [3.63, 3.8) is 0 Å². The maximum atomic E-state index is 6.03. The minimum atomic E-state index is 0.122. The van der Waals surface area contributed by atoms with Crippen LogP contribution in [0.15, 0.2) is 115 Å². The number of rotatable bonds is 13. The summed E-state index contributed by atoms with van der Waals surface area (Å²) in [6.45, 7) is 3.51. The largest absolute Gasteiger partial charge is 0.494 e. The fourth-order valence-corrected chi connectivity index (χ4v) is 4.68. The topological polar surface area (TPSA) is 18.5 Å². The van der Waals surface area contributed by atoms with E-state index in [2.05, 4.69) is 120 Å². The average Bonchev–Trinajstić information content (AvgIpc) is 2.96. The fourth-order valence-electron chi connectivity index (χ4n) is 4.28. The summed E-state index contributed by atoms with van der Waals surface area (Å²) in [6.07, 6.45) is 5.80. The highest BCUT2D eigenvalue weighted by Gasteiger charge is 2.14. The number of hydrogen-bond donors (Lipinski definition) is 0. The lowest BCUT2D eigenvalue weighted by Crippen LogP contribution is -2.01. The molecule has 4 aromatic carbocycles. The molecule has 190 valence electrons. The van der Waals surface area contributed by atoms with Gasteiger partial charge in [-0.15, -0.1) is 0 Å². The van der Waals surface area contributed by atoms with E-state index in [4.69, 9.17) is 9.47 Å². The van der Waals surface area contributed by atoms with Crippen LogP contribution in [0.2, 0.25) is 0 Å². The fraction of sp³-hybridized carbons (Fsp3) is 0.235. The molecule has 0 heterocycles. The first-order valence-corrected chi connectivity index (χ1v) is 14.1. The van der Waals surface area contributed by atoms with Crippen molar-refractivity contribution < 1.29 is 9.47 Å². The van der Waals surface area contributed by atoms with E-state index in [9.17, 15) is 0 Å². The molecule has 0 aliphatic heterocycles. The van der Waals surface area contributed by atoms with Gasteiger partial charge < -0.3 is 9.47 Å². The number of ether oxygens (including phenoxy) is 2. The molecule has 0 amide bonds. The van der Waals surface area contributed by atoms with Crippen LogP contribution in [0.3, 0.4) is 0 Å². The summed E-state index contributed by atoms with van der Waals surface area (Å²) in [5.41, 5.74) is 6.11. The Bertz CT molecular complexity index is 1220. The Labute approximate surface area is 230 Å². The van der Waals surface area contributed by atoms with Crippen molar-refractivity contribution in [2.24, 2.45) is 0 Å². The number of unbranched alkanes of at least 4 members (excludes halogenated alkanes) is 2. The van der Waals surface area contributed by atoms with E-state index in [1.165, 1.54) is 35.1 Å². The second kappa shape index (κ2) is 14.4. The van der Waals surface area contributed by atoms with Gasteiger partial charge in [-0.3, -0.25) is 0 Å². The zero-order valence-electron chi connectivity index (χ0n) is 21.5. The van der Waals surface area contributed by atoms with E-state index >= 15 is 0 Å². The SMILES string of the molecule is CC(=CC(c1ccc(OCCCCCBr)cc1)c1ccc(OCc2ccccc2)cc1)c1ccccc1. The van der Waals surface area contributed by atoms with Gasteiger partial charge in [0.2, 0.25) is 0 Å². The number of benzene rings is 4. The molecule has 0 fully saturated rings. The van der Waals surface area contributed by atoms with Crippen LogP contribution in [0.1, 0.15) is 54.4 Å². The van der Waals surface area contributed by atoms with E-state index in [0.717, 1.165) is 35.4 Å². The highest BCUT2D eigenvalue weighted by molar-refractivity contribution is 9.09. The molecule has 3 heteroatoms. The highest BCUT2D eigenvalue weighted by Crippen LogP contribution is 2.32. The second-order valence-electron chi connectivity index (χ2n) is 9.20. The second-order valence-corrected chi connectivity index (χ2v) is 10.00. The molecule has 1 unspecified atom stereocenters. The molecule has 0 spiro atoms. The van der Waals surface area contributed by atoms with Crippen molar-refractivity contribution in [1.29, 1.82) is 0 Å². The molecule has 2 nitrogen and oxygen atoms in total. The third-order valence-electron chi connectivity index (χ3n) is 6.42. The van der Waals surface area contributed by atoms with Crippen molar-refractivity contribution in [2.75, 3.05) is 11.9 Å². The lowest BCUT2D eigenvalue weighted by atomic mass is 9.88. The Morgan fingerprint density at radius 3 is 1.84 bits per heavy atom. The first kappa shape index (κ1) is 26.8. The minimum Gasteiger partial charge on any atom is -0.494 e. The maximum absolute atomic E-state index is 6.03. The lowest BCUT2D eigenvalue weighted by Gasteiger charge is -2.17. The van der Waals surface area contributed by atoms with Gasteiger partial charge in [0.15, 0.2) is 0 Å². The number of alkyl halides is 1. The normalized spacial score (nSPS) is 12.2. The molecule has 0 bridgehead atoms. The van der Waals surface area contributed by atoms with E-state index in [1.54, 1.807) is 0 Å². The van der Waals surface area contributed by atoms with Gasteiger partial charge in [0.05, 0.1) is 6.61 Å². The Morgan fingerprint density at radius 2 is 1.24 bits per heavy atom. The third-order valence-corrected chi connectivity index (χ3v) is 6.98. The van der Waals surface area contributed by atoms with E-state index in [0.29, 0.717) is 6.61 Å². The minimum absolute atomic E-state index is 0.122. The summed E-state index contributed by atoms with van der Waals surface area (Å²) in [5, 5.41) is 1.05. The molecule has 0 N–H and O–H groups in total. The summed E-state index contributed by atoms with van der Waals surface area (Å²) in [6, 6.07) is 37.9. The number of allylic oxidation sites excluding steroid dienone is 2. The molecule has 4 rings (SSSR count). The summed E-state index contributed by atoms with van der Waals surface area (Å²) in [5.74, 6) is 1.92. The molecule has 0 radical (unpaired) electrons. The zero-order chi connectivity index (χ0) is 25.7. The molecular weight excluding hydrogens is 520 g/mol. The Balaban J connectivity index is 1.51. The van der Waals surface area contributed by atoms with Crippen molar-refractivity contribution in [3.8, 4) is 11.5 Å². The molecule has 0 aromatic heterocycles. The van der Waals surface area contributed by atoms with Gasteiger partial charge >= 0.3 is 0 Å². The van der Waals surface area contributed by atoms with Crippen molar-refractivity contribution >= 4 is 21.5 Å². The molecule has 4 aromatic rings. The van der Waals surface area contributed by atoms with Gasteiger partial charge in [0, 0.05) is 11.2 Å². The Morgan fingerprint density at radius 1 is 0.676 bits per heavy atom. The zero-order valence-corrected chi connectivity index (χ0v) is 23.1. The molecule has 0 saturated carbocycles. The molecule has 0 saturated heterocycles. The first-order chi connectivity index (χ1) is 18.2. The monoisotopic (exact) mass is 554 g/mol. The predicted molar refractivity (Wildman–Crippen MR) is 159 cm³/mol. The van der Waals surface area contributed by atoms with Crippen LogP contribution in [0.4, 0.5) is 0 Å². The van der Waals surface area contributed by atoms with Gasteiger partial charge in [-0.05, 0) is 78.3 Å². The summed E-state index contributed by atoms with van der Waals surface area (Å²) in [4.78, 5) is 0. The van der Waals surface area contributed by atoms with Crippen LogP contribution < -0.4 is 9.47 Å². The van der Waals surface area contributed by atoms with E-state index in [-0.39, 0.29) is 5.92 Å². The Hall–Kier alpha value is -3.30. The van der Waals surface area contributed by atoms with E-state index in [1.807, 2.05) is 18.2 Å². The van der Waals surface area contributed by atoms with Crippen molar-refractivity contribution in [2.45, 2.75) is 38.7 Å². The van der Waals surface area contributed by atoms with Crippen LogP contribution in [-0.4, -0.2) is 11.9 Å². The summed E-state index contributed by atoms with van der Waals surface area (Å²) < 4.78 is 12.0. The van der Waals surface area contributed by atoms with Crippen LogP contribution in [-0.2, 0) is 6.61 Å². The lowest BCUT2D eigenvalue weighted by molar-refractivity contribution is 0.306. The molecular formula is C34H35BrO2. The average molecular weight is 556 g/mol. The summed E-state index contributed by atoms with van der Waals surface area (Å²) >= 11 is 3.49. The number of halogens is 1. The first-order valence-electron chi connectivity index (χ1n) is 13.0. The van der Waals surface area contributed by atoms with Gasteiger partial charge in [-0.2, -0.15) is 0 Å². The number of hydrogen-bond acceptors (Lipinski definition) is 2. The van der Waals surface area contributed by atoms with Gasteiger partial charge in [-0.1, -0.05) is 107 Å². The van der Waals surface area contributed by atoms with Gasteiger partial charge in [0.1, 0.15) is 18.1 Å². The van der Waals surface area contributed by atoms with E-state index < -0.39 is 0 Å². The van der Waals surface area contributed by atoms with Gasteiger partial charge in [-0.25, -0.2) is 0 Å². The van der Waals surface area contributed by atoms with Crippen LogP contribution in [0, 0.1) is 0 Å². The van der Waals surface area contributed by atoms with Crippen LogP contribution in [0.5, 0.6) is 11.5 Å². The van der Waals surface area contributed by atoms with Crippen LogP contribution >= 0.6 is 15.9 Å². The van der Waals surface area contributed by atoms with Crippen molar-refractivity contribution in [3.05, 3.63) is 138 Å². The Kier molecular flexibility index (Phi) is 10.4. The molecule has 37 heavy (non-hydrogen) atoms.